The van der Waals surface area contributed by atoms with Gasteiger partial charge in [0.05, 0.1) is 13.2 Å². The second kappa shape index (κ2) is 6.36. The molecule has 16 heavy (non-hydrogen) atoms. The molecule has 0 aromatic heterocycles. The van der Waals surface area contributed by atoms with Gasteiger partial charge in [-0.15, -0.1) is 0 Å². The predicted molar refractivity (Wildman–Crippen MR) is 61.1 cm³/mol. The van der Waals surface area contributed by atoms with Gasteiger partial charge < -0.3 is 9.47 Å². The molecule has 1 aliphatic heterocycles. The third-order valence-corrected chi connectivity index (χ3v) is 3.58. The molecule has 0 bridgehead atoms. The van der Waals surface area contributed by atoms with Crippen LogP contribution in [0.25, 0.3) is 0 Å². The fraction of sp³-hybridized carbons (Fsp3) is 0.923. The summed E-state index contributed by atoms with van der Waals surface area (Å²) in [7, 11) is 0. The maximum Gasteiger partial charge on any atom is 0.157 e. The highest BCUT2D eigenvalue weighted by atomic mass is 16.7. The van der Waals surface area contributed by atoms with Crippen LogP contribution in [0.4, 0.5) is 0 Å². The summed E-state index contributed by atoms with van der Waals surface area (Å²) >= 11 is 0. The number of Topliss-reactive ketones (excluding diaryl/α,β-unsaturated/α-hetero) is 1. The van der Waals surface area contributed by atoms with Crippen molar-refractivity contribution < 1.29 is 14.3 Å². The van der Waals surface area contributed by atoms with Crippen LogP contribution in [0.1, 0.15) is 51.4 Å². The van der Waals surface area contributed by atoms with E-state index in [9.17, 15) is 4.79 Å². The van der Waals surface area contributed by atoms with Gasteiger partial charge in [-0.25, -0.2) is 0 Å². The molecule has 1 saturated heterocycles. The molecule has 3 heteroatoms. The van der Waals surface area contributed by atoms with Crippen molar-refractivity contribution in [2.24, 2.45) is 5.92 Å². The molecule has 1 aliphatic carbocycles. The zero-order chi connectivity index (χ0) is 11.2. The van der Waals surface area contributed by atoms with Gasteiger partial charge in [0.2, 0.25) is 0 Å². The van der Waals surface area contributed by atoms with Gasteiger partial charge in [-0.05, 0) is 31.6 Å². The van der Waals surface area contributed by atoms with Crippen LogP contribution in [0.5, 0.6) is 0 Å². The van der Waals surface area contributed by atoms with Gasteiger partial charge in [0.15, 0.2) is 6.29 Å². The van der Waals surface area contributed by atoms with Gasteiger partial charge >= 0.3 is 0 Å². The Morgan fingerprint density at radius 2 is 1.88 bits per heavy atom. The molecule has 2 aliphatic rings. The Bertz CT molecular complexity index is 221. The van der Waals surface area contributed by atoms with Gasteiger partial charge in [-0.3, -0.25) is 4.79 Å². The molecule has 0 aromatic carbocycles. The average molecular weight is 226 g/mol. The lowest BCUT2D eigenvalue weighted by Crippen LogP contribution is -2.15. The minimum absolute atomic E-state index is 0.0491. The lowest BCUT2D eigenvalue weighted by molar-refractivity contribution is -0.121. The van der Waals surface area contributed by atoms with Gasteiger partial charge in [0, 0.05) is 12.8 Å². The monoisotopic (exact) mass is 226 g/mol. The van der Waals surface area contributed by atoms with Crippen molar-refractivity contribution in [2.75, 3.05) is 13.2 Å². The molecule has 1 saturated carbocycles. The second-order valence-electron chi connectivity index (χ2n) is 4.96. The fourth-order valence-electron chi connectivity index (χ4n) is 2.68. The van der Waals surface area contributed by atoms with Crippen LogP contribution >= 0.6 is 0 Å². The molecule has 0 aromatic rings. The molecule has 2 rings (SSSR count). The minimum Gasteiger partial charge on any atom is -0.350 e. The van der Waals surface area contributed by atoms with Crippen LogP contribution in [-0.4, -0.2) is 25.3 Å². The van der Waals surface area contributed by atoms with Crippen molar-refractivity contribution in [1.29, 1.82) is 0 Å². The van der Waals surface area contributed by atoms with E-state index in [4.69, 9.17) is 9.47 Å². The van der Waals surface area contributed by atoms with Crippen molar-refractivity contribution in [3.8, 4) is 0 Å². The second-order valence-corrected chi connectivity index (χ2v) is 4.96. The van der Waals surface area contributed by atoms with E-state index in [1.165, 1.54) is 19.3 Å². The number of hydrogen-bond donors (Lipinski definition) is 0. The minimum atomic E-state index is 0.0491. The standard InChI is InChI=1S/C13H22O3/c14-12-6-3-5-11(10-12)4-1-2-7-13-15-8-9-16-13/h11,13H,1-10H2. The van der Waals surface area contributed by atoms with E-state index in [0.29, 0.717) is 11.7 Å². The molecule has 92 valence electrons. The van der Waals surface area contributed by atoms with Gasteiger partial charge in [0.1, 0.15) is 5.78 Å². The van der Waals surface area contributed by atoms with E-state index in [2.05, 4.69) is 0 Å². The van der Waals surface area contributed by atoms with Gasteiger partial charge in [-0.2, -0.15) is 0 Å². The molecule has 1 atom stereocenters. The molecular formula is C13H22O3. The van der Waals surface area contributed by atoms with Crippen molar-refractivity contribution in [3.05, 3.63) is 0 Å². The number of ether oxygens (including phenoxy) is 2. The topological polar surface area (TPSA) is 35.5 Å². The Morgan fingerprint density at radius 1 is 1.12 bits per heavy atom. The molecule has 0 amide bonds. The molecule has 0 N–H and O–H groups in total. The molecule has 3 nitrogen and oxygen atoms in total. The summed E-state index contributed by atoms with van der Waals surface area (Å²) in [6, 6.07) is 0. The maximum absolute atomic E-state index is 11.3. The SMILES string of the molecule is O=C1CCCC(CCCCC2OCCO2)C1. The van der Waals surface area contributed by atoms with E-state index >= 15 is 0 Å². The summed E-state index contributed by atoms with van der Waals surface area (Å²) in [6.07, 6.45) is 8.65. The molecule has 1 heterocycles. The highest BCUT2D eigenvalue weighted by molar-refractivity contribution is 5.79. The van der Waals surface area contributed by atoms with E-state index < -0.39 is 0 Å². The normalized spacial score (nSPS) is 27.5. The Morgan fingerprint density at radius 3 is 2.62 bits per heavy atom. The van der Waals surface area contributed by atoms with Crippen LogP contribution in [0, 0.1) is 5.92 Å². The molecule has 0 radical (unpaired) electrons. The average Bonchev–Trinajstić information content (AvgIpc) is 2.77. The van der Waals surface area contributed by atoms with Crippen LogP contribution in [0.3, 0.4) is 0 Å². The van der Waals surface area contributed by atoms with E-state index in [0.717, 1.165) is 45.3 Å². The fourth-order valence-corrected chi connectivity index (χ4v) is 2.68. The lowest BCUT2D eigenvalue weighted by atomic mass is 9.85. The zero-order valence-corrected chi connectivity index (χ0v) is 9.95. The van der Waals surface area contributed by atoms with E-state index in [1.807, 2.05) is 0 Å². The number of hydrogen-bond acceptors (Lipinski definition) is 3. The number of carbonyl (C=O) groups excluding carboxylic acids is 1. The van der Waals surface area contributed by atoms with Gasteiger partial charge in [-0.1, -0.05) is 12.8 Å². The maximum atomic E-state index is 11.3. The van der Waals surface area contributed by atoms with Gasteiger partial charge in [0.25, 0.3) is 0 Å². The Labute approximate surface area is 97.5 Å². The quantitative estimate of drug-likeness (QED) is 0.676. The summed E-state index contributed by atoms with van der Waals surface area (Å²) < 4.78 is 10.8. The van der Waals surface area contributed by atoms with Crippen LogP contribution in [0.15, 0.2) is 0 Å². The number of ketones is 1. The summed E-state index contributed by atoms with van der Waals surface area (Å²) in [5.74, 6) is 1.13. The molecule has 1 unspecified atom stereocenters. The molecule has 2 fully saturated rings. The van der Waals surface area contributed by atoms with Crippen LogP contribution in [-0.2, 0) is 14.3 Å². The Kier molecular flexibility index (Phi) is 4.79. The highest BCUT2D eigenvalue weighted by Crippen LogP contribution is 2.26. The molecule has 0 spiro atoms. The first-order chi connectivity index (χ1) is 7.84. The first-order valence-corrected chi connectivity index (χ1v) is 6.59. The first-order valence-electron chi connectivity index (χ1n) is 6.59. The zero-order valence-electron chi connectivity index (χ0n) is 9.95. The number of carbonyl (C=O) groups is 1. The summed E-state index contributed by atoms with van der Waals surface area (Å²) in [5, 5.41) is 0. The smallest absolute Gasteiger partial charge is 0.157 e. The Hall–Kier alpha value is -0.410. The third kappa shape index (κ3) is 3.87. The predicted octanol–water partition coefficient (Wildman–Crippen LogP) is 2.68. The molecular weight excluding hydrogens is 204 g/mol. The van der Waals surface area contributed by atoms with E-state index in [1.54, 1.807) is 0 Å². The summed E-state index contributed by atoms with van der Waals surface area (Å²) in [4.78, 5) is 11.3. The summed E-state index contributed by atoms with van der Waals surface area (Å²) in [5.41, 5.74) is 0. The highest BCUT2D eigenvalue weighted by Gasteiger charge is 2.19. The number of unbranched alkanes of at least 4 members (excludes halogenated alkanes) is 1. The first kappa shape index (κ1) is 12.1. The van der Waals surface area contributed by atoms with Crippen molar-refractivity contribution >= 4 is 5.78 Å². The lowest BCUT2D eigenvalue weighted by Gasteiger charge is -2.20. The van der Waals surface area contributed by atoms with E-state index in [-0.39, 0.29) is 6.29 Å². The van der Waals surface area contributed by atoms with Crippen molar-refractivity contribution in [1.82, 2.24) is 0 Å². The largest absolute Gasteiger partial charge is 0.350 e. The number of rotatable bonds is 5. The summed E-state index contributed by atoms with van der Waals surface area (Å²) in [6.45, 7) is 1.50. The van der Waals surface area contributed by atoms with Crippen molar-refractivity contribution in [3.63, 3.8) is 0 Å². The Balaban J connectivity index is 1.51. The third-order valence-electron chi connectivity index (χ3n) is 3.58. The van der Waals surface area contributed by atoms with Crippen LogP contribution in [0.2, 0.25) is 0 Å². The van der Waals surface area contributed by atoms with Crippen molar-refractivity contribution in [2.45, 2.75) is 57.7 Å². The van der Waals surface area contributed by atoms with Crippen LogP contribution < -0.4 is 0 Å².